The molecular formula is C32H36O12. The largest absolute Gasteiger partial charge is 0.454 e. The Bertz CT molecular complexity index is 1240. The van der Waals surface area contributed by atoms with Crippen molar-refractivity contribution in [3.63, 3.8) is 0 Å². The van der Waals surface area contributed by atoms with E-state index >= 15 is 0 Å². The minimum absolute atomic E-state index is 0.411. The zero-order chi connectivity index (χ0) is 31.8. The highest BCUT2D eigenvalue weighted by Crippen LogP contribution is 2.47. The molecule has 2 aliphatic heterocycles. The van der Waals surface area contributed by atoms with Crippen molar-refractivity contribution >= 4 is 23.9 Å². The molecule has 2 heterocycles. The number of ether oxygens (including phenoxy) is 8. The number of hydrogen-bond donors (Lipinski definition) is 0. The second-order valence-corrected chi connectivity index (χ2v) is 11.7. The van der Waals surface area contributed by atoms with Gasteiger partial charge in [0.05, 0.1) is 0 Å². The predicted molar refractivity (Wildman–Crippen MR) is 149 cm³/mol. The molecule has 236 valence electrons. The van der Waals surface area contributed by atoms with E-state index in [2.05, 4.69) is 0 Å². The molecule has 3 aliphatic rings. The van der Waals surface area contributed by atoms with Gasteiger partial charge in [-0.15, -0.1) is 0 Å². The maximum atomic E-state index is 13.6. The molecule has 0 aromatic heterocycles. The van der Waals surface area contributed by atoms with Crippen molar-refractivity contribution in [2.45, 2.75) is 102 Å². The molecule has 0 radical (unpaired) electrons. The smallest absolute Gasteiger partial charge is 0.352 e. The molecule has 0 spiro atoms. The van der Waals surface area contributed by atoms with Crippen LogP contribution >= 0.6 is 0 Å². The molecule has 2 saturated heterocycles. The molecule has 8 atom stereocenters. The van der Waals surface area contributed by atoms with Crippen LogP contribution in [0.25, 0.3) is 0 Å². The van der Waals surface area contributed by atoms with E-state index < -0.39 is 84.3 Å². The summed E-state index contributed by atoms with van der Waals surface area (Å²) in [6.07, 6.45) is -8.88. The van der Waals surface area contributed by atoms with E-state index in [1.807, 2.05) is 0 Å². The second kappa shape index (κ2) is 12.3. The minimum Gasteiger partial charge on any atom is -0.454 e. The molecule has 2 aromatic rings. The molecular weight excluding hydrogens is 576 g/mol. The Kier molecular flexibility index (Phi) is 8.81. The summed E-state index contributed by atoms with van der Waals surface area (Å²) >= 11 is 0. The maximum Gasteiger partial charge on any atom is 0.352 e. The van der Waals surface area contributed by atoms with E-state index in [1.54, 1.807) is 88.4 Å². The number of carbonyl (C=O) groups is 4. The average molecular weight is 613 g/mol. The molecule has 1 saturated carbocycles. The first kappa shape index (κ1) is 31.6. The van der Waals surface area contributed by atoms with Gasteiger partial charge in [-0.05, 0) is 27.7 Å². The lowest BCUT2D eigenvalue weighted by atomic mass is 9.84. The Morgan fingerprint density at radius 1 is 0.568 bits per heavy atom. The van der Waals surface area contributed by atoms with Crippen LogP contribution in [0, 0.1) is 0 Å². The topological polar surface area (TPSA) is 142 Å². The van der Waals surface area contributed by atoms with Crippen LogP contribution < -0.4 is 0 Å². The summed E-state index contributed by atoms with van der Waals surface area (Å²) in [5.41, 5.74) is 0.822. The highest BCUT2D eigenvalue weighted by Gasteiger charge is 2.66. The first-order chi connectivity index (χ1) is 20.7. The van der Waals surface area contributed by atoms with Crippen LogP contribution in [0.5, 0.6) is 0 Å². The summed E-state index contributed by atoms with van der Waals surface area (Å²) in [6, 6.07) is 16.9. The molecule has 4 unspecified atom stereocenters. The predicted octanol–water partition coefficient (Wildman–Crippen LogP) is 3.47. The molecule has 44 heavy (non-hydrogen) atoms. The average Bonchev–Trinajstić information content (AvgIpc) is 3.47. The number of benzene rings is 2. The highest BCUT2D eigenvalue weighted by atomic mass is 16.8. The third-order valence-electron chi connectivity index (χ3n) is 7.33. The SMILES string of the molecule is CC(=O)OC(C(=O)OC1[C@H]2OC(C)(C)O[C@H]2C(OC(=O)C(OC(C)=O)c2ccccc2)[C@@H]2OC(C)(C)O[C@@H]12)c1ccccc1. The first-order valence-electron chi connectivity index (χ1n) is 14.3. The van der Waals surface area contributed by atoms with Crippen LogP contribution in [0.2, 0.25) is 0 Å². The summed E-state index contributed by atoms with van der Waals surface area (Å²) in [5, 5.41) is 0. The van der Waals surface area contributed by atoms with E-state index in [9.17, 15) is 19.2 Å². The highest BCUT2D eigenvalue weighted by molar-refractivity contribution is 5.81. The van der Waals surface area contributed by atoms with Crippen LogP contribution in [-0.4, -0.2) is 72.1 Å². The van der Waals surface area contributed by atoms with Gasteiger partial charge in [0.25, 0.3) is 0 Å². The van der Waals surface area contributed by atoms with E-state index in [-0.39, 0.29) is 0 Å². The number of carbonyl (C=O) groups excluding carboxylic acids is 4. The van der Waals surface area contributed by atoms with Crippen LogP contribution in [0.4, 0.5) is 0 Å². The summed E-state index contributed by atoms with van der Waals surface area (Å²) in [4.78, 5) is 51.1. The monoisotopic (exact) mass is 612 g/mol. The summed E-state index contributed by atoms with van der Waals surface area (Å²) in [5.74, 6) is -5.42. The number of rotatable bonds is 8. The Morgan fingerprint density at radius 2 is 0.864 bits per heavy atom. The van der Waals surface area contributed by atoms with Gasteiger partial charge in [-0.3, -0.25) is 9.59 Å². The lowest BCUT2D eigenvalue weighted by molar-refractivity contribution is -0.209. The minimum atomic E-state index is -1.36. The van der Waals surface area contributed by atoms with Crippen molar-refractivity contribution in [1.82, 2.24) is 0 Å². The molecule has 3 fully saturated rings. The van der Waals surface area contributed by atoms with Crippen molar-refractivity contribution in [1.29, 1.82) is 0 Å². The van der Waals surface area contributed by atoms with Crippen LogP contribution in [0.1, 0.15) is 64.9 Å². The Morgan fingerprint density at radius 3 is 1.14 bits per heavy atom. The van der Waals surface area contributed by atoms with Crippen molar-refractivity contribution in [2.24, 2.45) is 0 Å². The maximum absolute atomic E-state index is 13.6. The Labute approximate surface area is 254 Å². The van der Waals surface area contributed by atoms with Crippen molar-refractivity contribution in [3.05, 3.63) is 71.8 Å². The number of fused-ring (bicyclic) bond motifs is 2. The van der Waals surface area contributed by atoms with Crippen LogP contribution in [-0.2, 0) is 57.1 Å². The fourth-order valence-corrected chi connectivity index (χ4v) is 5.78. The summed E-state index contributed by atoms with van der Waals surface area (Å²) in [6.45, 7) is 9.06. The summed E-state index contributed by atoms with van der Waals surface area (Å²) < 4.78 is 47.6. The van der Waals surface area contributed by atoms with Crippen molar-refractivity contribution in [3.8, 4) is 0 Å². The van der Waals surface area contributed by atoms with Gasteiger partial charge in [0.15, 0.2) is 23.8 Å². The number of hydrogen-bond acceptors (Lipinski definition) is 12. The van der Waals surface area contributed by atoms with E-state index in [4.69, 9.17) is 37.9 Å². The molecule has 1 aliphatic carbocycles. The van der Waals surface area contributed by atoms with Gasteiger partial charge in [-0.2, -0.15) is 0 Å². The molecule has 2 aromatic carbocycles. The standard InChI is InChI=1S/C32H36O12/c1-17(33)37-21(19-13-9-7-10-14-19)29(35)39-23-25-27(43-31(3,4)41-25)24(28-26(23)42-32(5,6)44-28)40-30(36)22(38-18(2)34)20-15-11-8-12-16-20/h7-16,21-28H,1-6H3/t21?,22?,23?,24?,25-,26-,27-,28+/m0/s1. The van der Waals surface area contributed by atoms with Crippen molar-refractivity contribution in [2.75, 3.05) is 0 Å². The van der Waals surface area contributed by atoms with E-state index in [0.29, 0.717) is 11.1 Å². The molecule has 12 heteroatoms. The Hall–Kier alpha value is -3.84. The summed E-state index contributed by atoms with van der Waals surface area (Å²) in [7, 11) is 0. The fourth-order valence-electron chi connectivity index (χ4n) is 5.78. The van der Waals surface area contributed by atoms with Crippen molar-refractivity contribution < 1.29 is 57.1 Å². The van der Waals surface area contributed by atoms with Gasteiger partial charge in [0.1, 0.15) is 24.4 Å². The Balaban J connectivity index is 1.47. The van der Waals surface area contributed by atoms with Gasteiger partial charge in [-0.1, -0.05) is 60.7 Å². The molecule has 5 rings (SSSR count). The molecule has 0 amide bonds. The van der Waals surface area contributed by atoms with Crippen LogP contribution in [0.3, 0.4) is 0 Å². The van der Waals surface area contributed by atoms with Gasteiger partial charge in [0.2, 0.25) is 12.2 Å². The lowest BCUT2D eigenvalue weighted by Crippen LogP contribution is -2.64. The fraction of sp³-hybridized carbons (Fsp3) is 0.500. The van der Waals surface area contributed by atoms with Gasteiger partial charge >= 0.3 is 23.9 Å². The molecule has 0 bridgehead atoms. The van der Waals surface area contributed by atoms with Gasteiger partial charge in [0, 0.05) is 25.0 Å². The van der Waals surface area contributed by atoms with Crippen LogP contribution in [0.15, 0.2) is 60.7 Å². The van der Waals surface area contributed by atoms with E-state index in [0.717, 1.165) is 0 Å². The molecule has 0 N–H and O–H groups in total. The first-order valence-corrected chi connectivity index (χ1v) is 14.3. The zero-order valence-corrected chi connectivity index (χ0v) is 25.3. The quantitative estimate of drug-likeness (QED) is 0.318. The number of esters is 4. The third kappa shape index (κ3) is 6.78. The second-order valence-electron chi connectivity index (χ2n) is 11.7. The van der Waals surface area contributed by atoms with Gasteiger partial charge in [-0.25, -0.2) is 9.59 Å². The zero-order valence-electron chi connectivity index (χ0n) is 25.3. The molecule has 12 nitrogen and oxygen atoms in total. The lowest BCUT2D eigenvalue weighted by Gasteiger charge is -2.42. The normalized spacial score (nSPS) is 29.3. The third-order valence-corrected chi connectivity index (χ3v) is 7.33. The van der Waals surface area contributed by atoms with Gasteiger partial charge < -0.3 is 37.9 Å². The van der Waals surface area contributed by atoms with E-state index in [1.165, 1.54) is 13.8 Å².